The lowest BCUT2D eigenvalue weighted by molar-refractivity contribution is 0.134. The molecule has 0 unspecified atom stereocenters. The first-order chi connectivity index (χ1) is 13.3. The van der Waals surface area contributed by atoms with Crippen LogP contribution in [0, 0.1) is 0 Å². The zero-order valence-corrected chi connectivity index (χ0v) is 16.6. The van der Waals surface area contributed by atoms with E-state index in [1.54, 1.807) is 0 Å². The average molecular weight is 370 g/mol. The van der Waals surface area contributed by atoms with Gasteiger partial charge in [-0.15, -0.1) is 0 Å². The van der Waals surface area contributed by atoms with Crippen molar-refractivity contribution in [3.8, 4) is 5.75 Å². The quantitative estimate of drug-likeness (QED) is 0.493. The summed E-state index contributed by atoms with van der Waals surface area (Å²) in [6.45, 7) is 10.2. The molecule has 0 radical (unpaired) electrons. The molecule has 5 nitrogen and oxygen atoms in total. The Bertz CT molecular complexity index is 699. The molecule has 0 saturated heterocycles. The van der Waals surface area contributed by atoms with Gasteiger partial charge < -0.3 is 20.1 Å². The third-order valence-electron chi connectivity index (χ3n) is 3.98. The smallest absolute Gasteiger partial charge is 0.191 e. The van der Waals surface area contributed by atoms with E-state index in [0.29, 0.717) is 26.3 Å². The second-order valence-electron chi connectivity index (χ2n) is 6.04. The van der Waals surface area contributed by atoms with Crippen LogP contribution in [0.5, 0.6) is 5.75 Å². The second-order valence-corrected chi connectivity index (χ2v) is 6.04. The van der Waals surface area contributed by atoms with Gasteiger partial charge in [-0.2, -0.15) is 0 Å². The van der Waals surface area contributed by atoms with E-state index in [-0.39, 0.29) is 0 Å². The Hall–Kier alpha value is -2.53. The van der Waals surface area contributed by atoms with E-state index in [4.69, 9.17) is 9.47 Å². The molecule has 5 heteroatoms. The summed E-state index contributed by atoms with van der Waals surface area (Å²) in [7, 11) is 0. The molecule has 0 aliphatic heterocycles. The van der Waals surface area contributed by atoms with Gasteiger partial charge in [0, 0.05) is 25.3 Å². The number of hydrogen-bond acceptors (Lipinski definition) is 3. The number of nitrogens with zero attached hydrogens (tertiary/aromatic N) is 1. The van der Waals surface area contributed by atoms with Gasteiger partial charge in [-0.25, -0.2) is 4.99 Å². The van der Waals surface area contributed by atoms with Crippen molar-refractivity contribution in [2.75, 3.05) is 19.8 Å². The lowest BCUT2D eigenvalue weighted by atomic mass is 10.1. The highest BCUT2D eigenvalue weighted by atomic mass is 16.5. The second kappa shape index (κ2) is 12.0. The van der Waals surface area contributed by atoms with Gasteiger partial charge >= 0.3 is 0 Å². The first-order valence-electron chi connectivity index (χ1n) is 9.65. The van der Waals surface area contributed by atoms with Gasteiger partial charge in [0.1, 0.15) is 5.75 Å². The van der Waals surface area contributed by atoms with Gasteiger partial charge in [-0.1, -0.05) is 42.5 Å². The molecule has 0 aromatic heterocycles. The van der Waals surface area contributed by atoms with E-state index in [1.807, 2.05) is 32.0 Å². The number of benzene rings is 2. The molecule has 0 spiro atoms. The fourth-order valence-electron chi connectivity index (χ4n) is 2.60. The molecule has 27 heavy (non-hydrogen) atoms. The summed E-state index contributed by atoms with van der Waals surface area (Å²) in [4.78, 5) is 4.69. The maximum atomic E-state index is 5.69. The molecule has 0 fully saturated rings. The van der Waals surface area contributed by atoms with Crippen molar-refractivity contribution in [1.29, 1.82) is 0 Å². The van der Waals surface area contributed by atoms with E-state index in [1.165, 1.54) is 11.1 Å². The topological polar surface area (TPSA) is 54.9 Å². The Morgan fingerprint density at radius 3 is 2.33 bits per heavy atom. The highest BCUT2D eigenvalue weighted by Gasteiger charge is 2.04. The Balaban J connectivity index is 1.96. The van der Waals surface area contributed by atoms with Gasteiger partial charge in [0.15, 0.2) is 5.96 Å². The average Bonchev–Trinajstić information content (AvgIpc) is 2.70. The minimum Gasteiger partial charge on any atom is -0.494 e. The summed E-state index contributed by atoms with van der Waals surface area (Å²) >= 11 is 0. The lowest BCUT2D eigenvalue weighted by Crippen LogP contribution is -2.36. The summed E-state index contributed by atoms with van der Waals surface area (Å²) in [5.74, 6) is 1.70. The van der Waals surface area contributed by atoms with Crippen LogP contribution in [-0.2, 0) is 24.4 Å². The molecule has 2 rings (SSSR count). The van der Waals surface area contributed by atoms with E-state index in [2.05, 4.69) is 52.9 Å². The molecule has 0 amide bonds. The van der Waals surface area contributed by atoms with Crippen LogP contribution >= 0.6 is 0 Å². The maximum absolute atomic E-state index is 5.69. The Kier molecular flexibility index (Phi) is 9.21. The van der Waals surface area contributed by atoms with Gasteiger partial charge in [0.2, 0.25) is 0 Å². The molecule has 2 aromatic rings. The molecule has 0 aliphatic rings. The summed E-state index contributed by atoms with van der Waals surface area (Å²) in [5.41, 5.74) is 3.47. The fourth-order valence-corrected chi connectivity index (χ4v) is 2.60. The third-order valence-corrected chi connectivity index (χ3v) is 3.98. The molecule has 146 valence electrons. The molecule has 0 bridgehead atoms. The fraction of sp³-hybridized carbons (Fsp3) is 0.409. The number of ether oxygens (including phenoxy) is 2. The van der Waals surface area contributed by atoms with E-state index in [9.17, 15) is 0 Å². The van der Waals surface area contributed by atoms with E-state index >= 15 is 0 Å². The first kappa shape index (κ1) is 20.8. The van der Waals surface area contributed by atoms with Gasteiger partial charge in [0.05, 0.1) is 19.8 Å². The van der Waals surface area contributed by atoms with Gasteiger partial charge in [-0.05, 0) is 38.0 Å². The van der Waals surface area contributed by atoms with Crippen molar-refractivity contribution in [1.82, 2.24) is 10.6 Å². The van der Waals surface area contributed by atoms with Crippen molar-refractivity contribution >= 4 is 5.96 Å². The number of para-hydroxylation sites is 1. The summed E-state index contributed by atoms with van der Waals surface area (Å²) in [6.07, 6.45) is 0. The largest absolute Gasteiger partial charge is 0.494 e. The highest BCUT2D eigenvalue weighted by molar-refractivity contribution is 5.79. The number of hydrogen-bond donors (Lipinski definition) is 2. The van der Waals surface area contributed by atoms with Crippen molar-refractivity contribution in [3.63, 3.8) is 0 Å². The number of guanidine groups is 1. The predicted molar refractivity (Wildman–Crippen MR) is 111 cm³/mol. The summed E-state index contributed by atoms with van der Waals surface area (Å²) in [5, 5.41) is 6.68. The molecule has 0 heterocycles. The molecule has 0 atom stereocenters. The Labute approximate surface area is 162 Å². The van der Waals surface area contributed by atoms with Crippen LogP contribution in [0.1, 0.15) is 37.5 Å². The van der Waals surface area contributed by atoms with Crippen molar-refractivity contribution < 1.29 is 9.47 Å². The van der Waals surface area contributed by atoms with E-state index in [0.717, 1.165) is 30.4 Å². The standard InChI is InChI=1S/C22H31N3O2/c1-4-23-22(25-16-20-9-7-8-10-21(20)27-6-3)24-15-18-11-13-19(14-12-18)17-26-5-2/h7-14H,4-6,15-17H2,1-3H3,(H2,23,24,25). The number of nitrogens with one attached hydrogen (secondary N) is 2. The minimum atomic E-state index is 0.622. The van der Waals surface area contributed by atoms with Crippen LogP contribution in [0.2, 0.25) is 0 Å². The van der Waals surface area contributed by atoms with Crippen LogP contribution in [0.3, 0.4) is 0 Å². The zero-order valence-electron chi connectivity index (χ0n) is 16.6. The normalized spacial score (nSPS) is 11.3. The van der Waals surface area contributed by atoms with Crippen LogP contribution < -0.4 is 15.4 Å². The molecular weight excluding hydrogens is 338 g/mol. The number of aliphatic imine (C=N–C) groups is 1. The summed E-state index contributed by atoms with van der Waals surface area (Å²) in [6, 6.07) is 16.5. The molecule has 0 saturated carbocycles. The zero-order chi connectivity index (χ0) is 19.3. The van der Waals surface area contributed by atoms with Crippen LogP contribution in [0.25, 0.3) is 0 Å². The first-order valence-corrected chi connectivity index (χ1v) is 9.65. The van der Waals surface area contributed by atoms with Gasteiger partial charge in [0.25, 0.3) is 0 Å². The van der Waals surface area contributed by atoms with Crippen molar-refractivity contribution in [2.45, 2.75) is 40.5 Å². The highest BCUT2D eigenvalue weighted by Crippen LogP contribution is 2.17. The SMILES string of the molecule is CCNC(=NCc1ccc(COCC)cc1)NCc1ccccc1OCC. The van der Waals surface area contributed by atoms with Gasteiger partial charge in [-0.3, -0.25) is 0 Å². The lowest BCUT2D eigenvalue weighted by Gasteiger charge is -2.14. The van der Waals surface area contributed by atoms with Crippen LogP contribution in [0.15, 0.2) is 53.5 Å². The van der Waals surface area contributed by atoms with Crippen LogP contribution in [0.4, 0.5) is 0 Å². The molecule has 2 N–H and O–H groups in total. The van der Waals surface area contributed by atoms with Crippen molar-refractivity contribution in [2.24, 2.45) is 4.99 Å². The van der Waals surface area contributed by atoms with E-state index < -0.39 is 0 Å². The van der Waals surface area contributed by atoms with Crippen LogP contribution in [-0.4, -0.2) is 25.7 Å². The maximum Gasteiger partial charge on any atom is 0.191 e. The number of rotatable bonds is 10. The minimum absolute atomic E-state index is 0.622. The van der Waals surface area contributed by atoms with Crippen molar-refractivity contribution in [3.05, 3.63) is 65.2 Å². The summed E-state index contributed by atoms with van der Waals surface area (Å²) < 4.78 is 11.1. The monoisotopic (exact) mass is 369 g/mol. The molecule has 0 aliphatic carbocycles. The Morgan fingerprint density at radius 2 is 1.63 bits per heavy atom. The third kappa shape index (κ3) is 7.31. The molecular formula is C22H31N3O2. The molecule has 2 aromatic carbocycles. The Morgan fingerprint density at radius 1 is 0.889 bits per heavy atom. The predicted octanol–water partition coefficient (Wildman–Crippen LogP) is 3.88.